The average Bonchev–Trinajstić information content (AvgIpc) is 2.95. The molecule has 1 heterocycles. The molecule has 0 aliphatic carbocycles. The summed E-state index contributed by atoms with van der Waals surface area (Å²) in [7, 11) is -1.30. The van der Waals surface area contributed by atoms with Crippen molar-refractivity contribution in [1.29, 1.82) is 0 Å². The van der Waals surface area contributed by atoms with E-state index in [-0.39, 0.29) is 16.0 Å². The lowest BCUT2D eigenvalue weighted by Crippen LogP contribution is -2.35. The molecule has 0 fully saturated rings. The highest BCUT2D eigenvalue weighted by atomic mass is 32.2. The summed E-state index contributed by atoms with van der Waals surface area (Å²) in [5.74, 6) is -1.23. The Morgan fingerprint density at radius 1 is 1.11 bits per heavy atom. The maximum atomic E-state index is 12.7. The second kappa shape index (κ2) is 7.41. The highest BCUT2D eigenvalue weighted by molar-refractivity contribution is 7.89. The van der Waals surface area contributed by atoms with Crippen molar-refractivity contribution in [3.63, 3.8) is 0 Å². The summed E-state index contributed by atoms with van der Waals surface area (Å²) in [5, 5.41) is 4.69. The van der Waals surface area contributed by atoms with E-state index in [0.29, 0.717) is 11.4 Å². The van der Waals surface area contributed by atoms with E-state index in [2.05, 4.69) is 10.6 Å². The monoisotopic (exact) mass is 403 g/mol. The molecule has 9 nitrogen and oxygen atoms in total. The molecule has 3 rings (SSSR count). The number of nitrogens with one attached hydrogen (secondary N) is 2. The fraction of sp³-hybridized carbons (Fsp3) is 0.167. The first-order valence-corrected chi connectivity index (χ1v) is 9.56. The van der Waals surface area contributed by atoms with Crippen LogP contribution < -0.4 is 15.4 Å². The summed E-state index contributed by atoms with van der Waals surface area (Å²) < 4.78 is 31.4. The molecule has 146 valence electrons. The predicted octanol–water partition coefficient (Wildman–Crippen LogP) is 0.838. The highest BCUT2D eigenvalue weighted by Gasteiger charge is 2.30. The predicted molar refractivity (Wildman–Crippen MR) is 99.7 cm³/mol. The summed E-state index contributed by atoms with van der Waals surface area (Å²) in [6, 6.07) is 10.3. The van der Waals surface area contributed by atoms with Crippen LogP contribution in [0.3, 0.4) is 0 Å². The van der Waals surface area contributed by atoms with E-state index >= 15 is 0 Å². The lowest BCUT2D eigenvalue weighted by Gasteiger charge is -2.17. The van der Waals surface area contributed by atoms with E-state index in [9.17, 15) is 22.8 Å². The number of anilines is 1. The third-order valence-electron chi connectivity index (χ3n) is 4.14. The fourth-order valence-corrected chi connectivity index (χ4v) is 3.83. The summed E-state index contributed by atoms with van der Waals surface area (Å²) in [6.45, 7) is -0.443. The molecule has 10 heteroatoms. The Labute approximate surface area is 161 Å². The van der Waals surface area contributed by atoms with Gasteiger partial charge in [0.05, 0.1) is 29.7 Å². The third kappa shape index (κ3) is 3.73. The van der Waals surface area contributed by atoms with E-state index in [1.807, 2.05) is 0 Å². The Morgan fingerprint density at radius 3 is 2.54 bits per heavy atom. The summed E-state index contributed by atoms with van der Waals surface area (Å²) in [6.07, 6.45) is 0. The largest absolute Gasteiger partial charge is 0.497 e. The van der Waals surface area contributed by atoms with Crippen LogP contribution in [-0.4, -0.2) is 51.1 Å². The maximum Gasteiger partial charge on any atom is 0.258 e. The van der Waals surface area contributed by atoms with Crippen LogP contribution in [-0.2, 0) is 14.8 Å². The van der Waals surface area contributed by atoms with Gasteiger partial charge in [-0.2, -0.15) is 4.31 Å². The lowest BCUT2D eigenvalue weighted by molar-refractivity contribution is -0.116. The molecule has 0 saturated carbocycles. The molecule has 0 atom stereocenters. The zero-order valence-corrected chi connectivity index (χ0v) is 15.9. The van der Waals surface area contributed by atoms with Gasteiger partial charge >= 0.3 is 0 Å². The quantitative estimate of drug-likeness (QED) is 0.689. The van der Waals surface area contributed by atoms with Gasteiger partial charge in [-0.1, -0.05) is 6.07 Å². The number of sulfonamides is 1. The second-order valence-corrected chi connectivity index (χ2v) is 8.08. The number of imide groups is 1. The van der Waals surface area contributed by atoms with Crippen LogP contribution in [0.2, 0.25) is 0 Å². The number of hydrogen-bond donors (Lipinski definition) is 2. The van der Waals surface area contributed by atoms with Crippen LogP contribution in [0.1, 0.15) is 20.7 Å². The van der Waals surface area contributed by atoms with Crippen LogP contribution in [0.25, 0.3) is 0 Å². The normalized spacial score (nSPS) is 13.2. The van der Waals surface area contributed by atoms with Gasteiger partial charge in [0.2, 0.25) is 15.9 Å². The molecular formula is C18H17N3O6S. The molecule has 2 aromatic rings. The molecule has 1 aliphatic heterocycles. The van der Waals surface area contributed by atoms with Gasteiger partial charge in [-0.15, -0.1) is 0 Å². The van der Waals surface area contributed by atoms with Crippen LogP contribution >= 0.6 is 0 Å². The van der Waals surface area contributed by atoms with Crippen LogP contribution in [0.15, 0.2) is 47.4 Å². The fourth-order valence-electron chi connectivity index (χ4n) is 2.68. The Balaban J connectivity index is 1.75. The van der Waals surface area contributed by atoms with Gasteiger partial charge in [-0.3, -0.25) is 19.7 Å². The minimum atomic E-state index is -4.05. The molecule has 0 spiro atoms. The van der Waals surface area contributed by atoms with E-state index < -0.39 is 34.3 Å². The van der Waals surface area contributed by atoms with E-state index in [0.717, 1.165) is 10.4 Å². The molecule has 1 aliphatic rings. The van der Waals surface area contributed by atoms with Crippen molar-refractivity contribution < 1.29 is 27.5 Å². The maximum absolute atomic E-state index is 12.7. The van der Waals surface area contributed by atoms with E-state index in [4.69, 9.17) is 4.74 Å². The number of carbonyl (C=O) groups excluding carboxylic acids is 3. The van der Waals surface area contributed by atoms with Crippen molar-refractivity contribution >= 4 is 33.4 Å². The first-order valence-electron chi connectivity index (χ1n) is 8.12. The van der Waals surface area contributed by atoms with Crippen molar-refractivity contribution in [2.75, 3.05) is 26.0 Å². The molecule has 0 saturated heterocycles. The zero-order chi connectivity index (χ0) is 20.5. The summed E-state index contributed by atoms with van der Waals surface area (Å²) >= 11 is 0. The number of amides is 3. The number of hydrogen-bond acceptors (Lipinski definition) is 6. The van der Waals surface area contributed by atoms with Crippen LogP contribution in [0.5, 0.6) is 5.75 Å². The average molecular weight is 403 g/mol. The van der Waals surface area contributed by atoms with Gasteiger partial charge in [-0.05, 0) is 30.3 Å². The first kappa shape index (κ1) is 19.5. The highest BCUT2D eigenvalue weighted by Crippen LogP contribution is 2.22. The number of rotatable bonds is 6. The van der Waals surface area contributed by atoms with Gasteiger partial charge in [0, 0.05) is 18.8 Å². The first-order chi connectivity index (χ1) is 13.2. The van der Waals surface area contributed by atoms with Gasteiger partial charge in [-0.25, -0.2) is 8.42 Å². The second-order valence-electron chi connectivity index (χ2n) is 6.03. The third-order valence-corrected chi connectivity index (χ3v) is 5.93. The van der Waals surface area contributed by atoms with Crippen LogP contribution in [0, 0.1) is 0 Å². The van der Waals surface area contributed by atoms with Crippen molar-refractivity contribution in [2.45, 2.75) is 4.90 Å². The Kier molecular flexibility index (Phi) is 5.16. The molecule has 0 radical (unpaired) electrons. The van der Waals surface area contributed by atoms with Gasteiger partial charge < -0.3 is 10.1 Å². The molecule has 28 heavy (non-hydrogen) atoms. The molecule has 2 N–H and O–H groups in total. The van der Waals surface area contributed by atoms with Crippen molar-refractivity contribution in [3.8, 4) is 5.75 Å². The zero-order valence-electron chi connectivity index (χ0n) is 15.1. The number of benzene rings is 2. The molecular weight excluding hydrogens is 386 g/mol. The van der Waals surface area contributed by atoms with E-state index in [1.165, 1.54) is 26.3 Å². The minimum Gasteiger partial charge on any atom is -0.497 e. The molecule has 0 aromatic heterocycles. The van der Waals surface area contributed by atoms with Crippen LogP contribution in [0.4, 0.5) is 5.69 Å². The number of methoxy groups -OCH3 is 1. The van der Waals surface area contributed by atoms with Crippen molar-refractivity contribution in [3.05, 3.63) is 53.6 Å². The van der Waals surface area contributed by atoms with Gasteiger partial charge in [0.1, 0.15) is 5.75 Å². The molecule has 0 bridgehead atoms. The summed E-state index contributed by atoms with van der Waals surface area (Å²) in [4.78, 5) is 35.4. The Hall–Kier alpha value is -3.24. The SMILES string of the molecule is COc1cccc(NC(=O)CN(C)S(=O)(=O)c2ccc3c(c2)C(=O)NC3=O)c1. The minimum absolute atomic E-state index is 0.0136. The molecule has 3 amide bonds. The summed E-state index contributed by atoms with van der Waals surface area (Å²) in [5.41, 5.74) is 0.561. The number of likely N-dealkylation sites (N-methyl/N-ethyl adjacent to an activating group) is 1. The van der Waals surface area contributed by atoms with Crippen molar-refractivity contribution in [1.82, 2.24) is 9.62 Å². The number of fused-ring (bicyclic) bond motifs is 1. The number of carbonyl (C=O) groups is 3. The standard InChI is InChI=1S/C18H17N3O6S/c1-21(10-16(22)19-11-4-3-5-12(8-11)27-2)28(25,26)13-6-7-14-15(9-13)18(24)20-17(14)23/h3-9H,10H2,1-2H3,(H,19,22)(H,20,23,24). The van der Waals surface area contributed by atoms with Gasteiger partial charge in [0.25, 0.3) is 11.8 Å². The Bertz CT molecular complexity index is 1080. The smallest absolute Gasteiger partial charge is 0.258 e. The van der Waals surface area contributed by atoms with Gasteiger partial charge in [0.15, 0.2) is 0 Å². The molecule has 0 unspecified atom stereocenters. The Morgan fingerprint density at radius 2 is 1.82 bits per heavy atom. The lowest BCUT2D eigenvalue weighted by atomic mass is 10.1. The van der Waals surface area contributed by atoms with Crippen molar-refractivity contribution in [2.24, 2.45) is 0 Å². The number of nitrogens with zero attached hydrogens (tertiary/aromatic N) is 1. The number of ether oxygens (including phenoxy) is 1. The topological polar surface area (TPSA) is 122 Å². The molecule has 2 aromatic carbocycles. The van der Waals surface area contributed by atoms with E-state index in [1.54, 1.807) is 24.3 Å².